The molecule has 2 fully saturated rings. The quantitative estimate of drug-likeness (QED) is 0.0313. The predicted octanol–water partition coefficient (Wildman–Crippen LogP) is 11.0. The first-order chi connectivity index (χ1) is 33.2. The summed E-state index contributed by atoms with van der Waals surface area (Å²) < 4.78 is 0. The van der Waals surface area contributed by atoms with Gasteiger partial charge in [-0.3, -0.25) is 42.1 Å². The minimum absolute atomic E-state index is 0.406. The van der Waals surface area contributed by atoms with E-state index in [0.29, 0.717) is 19.0 Å². The van der Waals surface area contributed by atoms with E-state index >= 15 is 0 Å². The van der Waals surface area contributed by atoms with Crippen molar-refractivity contribution in [1.82, 2.24) is 37.3 Å². The van der Waals surface area contributed by atoms with Gasteiger partial charge in [-0.15, -0.1) is 0 Å². The highest BCUT2D eigenvalue weighted by atomic mass is 16.2. The molecule has 0 unspecified atom stereocenters. The number of carbonyl (C=O) groups is 2. The number of hydrogen-bond acceptors (Lipinski definition) is 12. The van der Waals surface area contributed by atoms with Crippen LogP contribution in [0.5, 0.6) is 0 Å². The fraction of sp³-hybridized carbons (Fsp3) is 0.528. The average Bonchev–Trinajstić information content (AvgIpc) is 3.41. The Morgan fingerprint density at radius 3 is 1.31 bits per heavy atom. The fourth-order valence-corrected chi connectivity index (χ4v) is 6.07. The van der Waals surface area contributed by atoms with Crippen LogP contribution < -0.4 is 32.3 Å². The summed E-state index contributed by atoms with van der Waals surface area (Å²) in [4.78, 5) is 24.5. The summed E-state index contributed by atoms with van der Waals surface area (Å²) in [6.07, 6.45) is 16.7. The lowest BCUT2D eigenvalue weighted by atomic mass is 9.89. The first kappa shape index (κ1) is 70.5. The molecule has 12 nitrogen and oxygen atoms in total. The molecule has 4 aromatic rings. The minimum Gasteiger partial charge on any atom is -0.437 e. The lowest BCUT2D eigenvalue weighted by molar-refractivity contribution is -0.111. The van der Waals surface area contributed by atoms with E-state index in [1.807, 2.05) is 160 Å². The van der Waals surface area contributed by atoms with Crippen molar-refractivity contribution in [1.29, 1.82) is 0 Å². The first-order valence-electron chi connectivity index (χ1n) is 25.7. The predicted molar refractivity (Wildman–Crippen MR) is 296 cm³/mol. The van der Waals surface area contributed by atoms with Gasteiger partial charge in [0.15, 0.2) is 0 Å². The highest BCUT2D eigenvalue weighted by Crippen LogP contribution is 2.23. The Hall–Kier alpha value is -4.02. The Labute approximate surface area is 416 Å². The molecule has 1 aromatic heterocycles. The van der Waals surface area contributed by atoms with Gasteiger partial charge in [-0.25, -0.2) is 0 Å². The normalized spacial score (nSPS) is 12.1. The van der Waals surface area contributed by atoms with E-state index in [9.17, 15) is 9.59 Å². The molecule has 2 aliphatic rings. The van der Waals surface area contributed by atoms with Crippen LogP contribution in [0.25, 0.3) is 11.3 Å². The van der Waals surface area contributed by atoms with Crippen molar-refractivity contribution in [3.8, 4) is 11.3 Å². The standard InChI is InChI=1S/C13H16BN3O.C8H19BN2O.C8H13BN2O.C7H12O.C7H6O.5C2H6/c1-14(18)17-16-10-11-5-7-12(8-6-11)13-4-2-3-9-15-13;2*1-9(12)11-10-7-8-5-3-2-4-6-8;2*8-6-7-4-2-1-3-5-7;5*1-2/h2-9,16-18H,10H2,1H3;8,10-12H,2-7H2,1H3;2-6,10-12H,7H2,1H3;6-7H,1-5H2;1-6H;5*1-2H3. The van der Waals surface area contributed by atoms with Gasteiger partial charge in [0, 0.05) is 42.9 Å². The van der Waals surface area contributed by atoms with Crippen molar-refractivity contribution < 1.29 is 24.7 Å². The van der Waals surface area contributed by atoms with E-state index in [-0.39, 0.29) is 0 Å². The smallest absolute Gasteiger partial charge is 0.387 e. The lowest BCUT2D eigenvalue weighted by Gasteiger charge is -2.22. The Bertz CT molecular complexity index is 1560. The minimum atomic E-state index is -0.558. The largest absolute Gasteiger partial charge is 0.437 e. The third kappa shape index (κ3) is 44.5. The van der Waals surface area contributed by atoms with E-state index in [1.165, 1.54) is 56.9 Å². The monoisotopic (exact) mass is 944 g/mol. The molecule has 382 valence electrons. The summed E-state index contributed by atoms with van der Waals surface area (Å²) in [6.45, 7) is 27.4. The van der Waals surface area contributed by atoms with Gasteiger partial charge in [0.25, 0.3) is 0 Å². The number of aldehydes is 2. The van der Waals surface area contributed by atoms with E-state index in [1.54, 1.807) is 38.8 Å². The molecule has 2 saturated carbocycles. The zero-order valence-corrected chi connectivity index (χ0v) is 44.7. The molecule has 15 heteroatoms. The van der Waals surface area contributed by atoms with Crippen LogP contribution in [-0.2, 0) is 17.9 Å². The lowest BCUT2D eigenvalue weighted by Crippen LogP contribution is -2.44. The summed E-state index contributed by atoms with van der Waals surface area (Å²) in [5.74, 6) is 1.22. The molecule has 0 atom stereocenters. The van der Waals surface area contributed by atoms with E-state index in [2.05, 4.69) is 37.3 Å². The zero-order valence-electron chi connectivity index (χ0n) is 44.7. The Morgan fingerprint density at radius 2 is 0.926 bits per heavy atom. The molecular formula is C53H96B3N7O5. The number of hydrogen-bond donors (Lipinski definition) is 9. The number of nitrogens with one attached hydrogen (secondary N) is 6. The molecule has 2 aliphatic carbocycles. The summed E-state index contributed by atoms with van der Waals surface area (Å²) in [7, 11) is -1.53. The number of aromatic nitrogens is 1. The average molecular weight is 944 g/mol. The van der Waals surface area contributed by atoms with Crippen molar-refractivity contribution >= 4 is 33.7 Å². The highest BCUT2D eigenvalue weighted by Gasteiger charge is 2.13. The van der Waals surface area contributed by atoms with Crippen LogP contribution in [0.3, 0.4) is 0 Å². The SMILES string of the molecule is CB(O)NNCC1CCCCC1.CB(O)NNCc1ccc(-c2ccccn2)cc1.CB(O)NNCc1ccccc1.CC.CC.CC.CC.CC.O=CC1CCCCC1.O=Cc1ccccc1. The molecule has 9 N–H and O–H groups in total. The maximum atomic E-state index is 10.2. The maximum Gasteiger partial charge on any atom is 0.387 e. The van der Waals surface area contributed by atoms with E-state index in [0.717, 1.165) is 60.3 Å². The number of benzene rings is 3. The molecule has 3 aromatic carbocycles. The summed E-state index contributed by atoms with van der Waals surface area (Å²) in [5, 5.41) is 35.0. The van der Waals surface area contributed by atoms with Crippen LogP contribution in [0.15, 0.2) is 109 Å². The van der Waals surface area contributed by atoms with E-state index in [4.69, 9.17) is 15.1 Å². The van der Waals surface area contributed by atoms with Crippen molar-refractivity contribution in [2.45, 2.75) is 167 Å². The summed E-state index contributed by atoms with van der Waals surface area (Å²) >= 11 is 0. The van der Waals surface area contributed by atoms with Crippen LogP contribution in [0.1, 0.15) is 155 Å². The molecule has 0 bridgehead atoms. The molecule has 68 heavy (non-hydrogen) atoms. The number of carbonyl (C=O) groups excluding carboxylic acids is 2. The molecule has 0 radical (unpaired) electrons. The van der Waals surface area contributed by atoms with Gasteiger partial charge in [0.05, 0.1) is 5.69 Å². The zero-order chi connectivity index (χ0) is 52.1. The maximum absolute atomic E-state index is 10.2. The third-order valence-corrected chi connectivity index (χ3v) is 9.17. The van der Waals surface area contributed by atoms with Gasteiger partial charge in [0.2, 0.25) is 0 Å². The fourth-order valence-electron chi connectivity index (χ4n) is 6.07. The van der Waals surface area contributed by atoms with Crippen molar-refractivity contribution in [3.63, 3.8) is 0 Å². The van der Waals surface area contributed by atoms with Crippen molar-refractivity contribution in [2.24, 2.45) is 11.8 Å². The second kappa shape index (κ2) is 55.6. The molecule has 1 heterocycles. The van der Waals surface area contributed by atoms with Crippen LogP contribution >= 0.6 is 0 Å². The molecule has 0 saturated heterocycles. The Morgan fingerprint density at radius 1 is 0.515 bits per heavy atom. The topological polar surface area (TPSA) is 180 Å². The van der Waals surface area contributed by atoms with Gasteiger partial charge in [-0.1, -0.05) is 199 Å². The van der Waals surface area contributed by atoms with Crippen LogP contribution in [0.4, 0.5) is 0 Å². The third-order valence-electron chi connectivity index (χ3n) is 9.17. The molecule has 0 aliphatic heterocycles. The van der Waals surface area contributed by atoms with Gasteiger partial charge in [0.1, 0.15) is 12.6 Å². The number of pyridine rings is 1. The molecule has 0 amide bonds. The van der Waals surface area contributed by atoms with Crippen molar-refractivity contribution in [2.75, 3.05) is 6.54 Å². The molecular weight excluding hydrogens is 847 g/mol. The number of nitrogens with zero attached hydrogens (tertiary/aromatic N) is 1. The van der Waals surface area contributed by atoms with E-state index < -0.39 is 21.2 Å². The second-order valence-corrected chi connectivity index (χ2v) is 14.5. The Balaban J connectivity index is -0.000000368. The number of rotatable bonds is 15. The summed E-state index contributed by atoms with van der Waals surface area (Å²) in [5.41, 5.74) is 14.0. The van der Waals surface area contributed by atoms with Crippen molar-refractivity contribution in [3.05, 3.63) is 126 Å². The van der Waals surface area contributed by atoms with Gasteiger partial charge >= 0.3 is 21.2 Å². The second-order valence-electron chi connectivity index (χ2n) is 14.5. The van der Waals surface area contributed by atoms with Gasteiger partial charge in [-0.2, -0.15) is 0 Å². The Kier molecular flexibility index (Phi) is 57.7. The summed E-state index contributed by atoms with van der Waals surface area (Å²) in [6, 6.07) is 33.1. The first-order valence-corrected chi connectivity index (χ1v) is 25.7. The van der Waals surface area contributed by atoms with Crippen LogP contribution in [0, 0.1) is 11.8 Å². The molecule has 0 spiro atoms. The van der Waals surface area contributed by atoms with Crippen LogP contribution in [-0.4, -0.2) is 60.3 Å². The van der Waals surface area contributed by atoms with Crippen LogP contribution in [0.2, 0.25) is 20.5 Å². The van der Waals surface area contributed by atoms with Gasteiger partial charge < -0.3 is 19.9 Å². The highest BCUT2D eigenvalue weighted by molar-refractivity contribution is 6.45. The van der Waals surface area contributed by atoms with Gasteiger partial charge in [-0.05, 0) is 75.3 Å². The number of hydrazine groups is 3. The molecule has 6 rings (SSSR count).